The first-order valence-corrected chi connectivity index (χ1v) is 7.16. The maximum Gasteiger partial charge on any atom is 0.0673 e. The summed E-state index contributed by atoms with van der Waals surface area (Å²) in [7, 11) is 0. The molecule has 1 aliphatic heterocycles. The zero-order valence-corrected chi connectivity index (χ0v) is 11.8. The Hall–Kier alpha value is -0.120. The van der Waals surface area contributed by atoms with Crippen LogP contribution in [0.25, 0.3) is 0 Å². The summed E-state index contributed by atoms with van der Waals surface area (Å²) in [4.78, 5) is 2.61. The molecule has 2 fully saturated rings. The van der Waals surface area contributed by atoms with E-state index >= 15 is 0 Å². The van der Waals surface area contributed by atoms with Gasteiger partial charge in [-0.15, -0.1) is 0 Å². The molecule has 0 aromatic rings. The zero-order chi connectivity index (χ0) is 12.5. The van der Waals surface area contributed by atoms with Crippen LogP contribution in [-0.2, 0) is 4.74 Å². The SMILES string of the molecule is CCOC(C)CN1CC(C)(C2CC2)NCC1C. The number of ether oxygens (including phenoxy) is 1. The van der Waals surface area contributed by atoms with Crippen molar-refractivity contribution in [3.63, 3.8) is 0 Å². The molecule has 1 saturated carbocycles. The first kappa shape index (κ1) is 13.3. The van der Waals surface area contributed by atoms with Crippen molar-refractivity contribution >= 4 is 0 Å². The van der Waals surface area contributed by atoms with E-state index in [2.05, 4.69) is 37.9 Å². The minimum Gasteiger partial charge on any atom is -0.377 e. The average Bonchev–Trinajstić information content (AvgIpc) is 3.08. The molecule has 2 aliphatic rings. The van der Waals surface area contributed by atoms with E-state index < -0.39 is 0 Å². The summed E-state index contributed by atoms with van der Waals surface area (Å²) in [5, 5.41) is 3.76. The molecule has 0 amide bonds. The highest BCUT2D eigenvalue weighted by atomic mass is 16.5. The summed E-state index contributed by atoms with van der Waals surface area (Å²) in [6, 6.07) is 0.629. The Labute approximate surface area is 106 Å². The molecule has 100 valence electrons. The number of hydrogen-bond acceptors (Lipinski definition) is 3. The van der Waals surface area contributed by atoms with Gasteiger partial charge in [-0.05, 0) is 46.5 Å². The van der Waals surface area contributed by atoms with Crippen LogP contribution >= 0.6 is 0 Å². The van der Waals surface area contributed by atoms with Crippen molar-refractivity contribution in [1.29, 1.82) is 0 Å². The van der Waals surface area contributed by atoms with Gasteiger partial charge in [0.2, 0.25) is 0 Å². The Balaban J connectivity index is 1.90. The van der Waals surface area contributed by atoms with Crippen LogP contribution in [0.4, 0.5) is 0 Å². The van der Waals surface area contributed by atoms with Crippen molar-refractivity contribution in [3.05, 3.63) is 0 Å². The zero-order valence-electron chi connectivity index (χ0n) is 11.8. The normalized spacial score (nSPS) is 37.1. The van der Waals surface area contributed by atoms with Gasteiger partial charge in [0.1, 0.15) is 0 Å². The van der Waals surface area contributed by atoms with Gasteiger partial charge < -0.3 is 10.1 Å². The van der Waals surface area contributed by atoms with Gasteiger partial charge in [0.15, 0.2) is 0 Å². The monoisotopic (exact) mass is 240 g/mol. The summed E-state index contributed by atoms with van der Waals surface area (Å²) in [6.07, 6.45) is 3.17. The molecule has 0 aromatic heterocycles. The minimum absolute atomic E-state index is 0.346. The first-order chi connectivity index (χ1) is 8.05. The lowest BCUT2D eigenvalue weighted by Crippen LogP contribution is -2.64. The molecular weight excluding hydrogens is 212 g/mol. The van der Waals surface area contributed by atoms with E-state index in [4.69, 9.17) is 4.74 Å². The van der Waals surface area contributed by atoms with Crippen LogP contribution in [0.1, 0.15) is 40.5 Å². The van der Waals surface area contributed by atoms with Gasteiger partial charge in [-0.1, -0.05) is 0 Å². The molecular formula is C14H28N2O. The van der Waals surface area contributed by atoms with Gasteiger partial charge in [-0.2, -0.15) is 0 Å². The predicted molar refractivity (Wildman–Crippen MR) is 71.3 cm³/mol. The minimum atomic E-state index is 0.346. The lowest BCUT2D eigenvalue weighted by molar-refractivity contribution is 0.00778. The van der Waals surface area contributed by atoms with Gasteiger partial charge in [-0.3, -0.25) is 4.90 Å². The number of piperazine rings is 1. The molecule has 3 heteroatoms. The molecule has 1 heterocycles. The lowest BCUT2D eigenvalue weighted by Gasteiger charge is -2.46. The molecule has 1 N–H and O–H groups in total. The molecule has 0 spiro atoms. The molecule has 3 atom stereocenters. The Morgan fingerprint density at radius 1 is 1.47 bits per heavy atom. The third-order valence-electron chi connectivity index (χ3n) is 4.38. The van der Waals surface area contributed by atoms with E-state index in [0.717, 1.165) is 25.6 Å². The van der Waals surface area contributed by atoms with E-state index in [1.165, 1.54) is 19.4 Å². The maximum absolute atomic E-state index is 5.68. The van der Waals surface area contributed by atoms with Crippen molar-refractivity contribution in [2.24, 2.45) is 5.92 Å². The van der Waals surface area contributed by atoms with Crippen LogP contribution in [0.15, 0.2) is 0 Å². The van der Waals surface area contributed by atoms with Crippen molar-refractivity contribution in [1.82, 2.24) is 10.2 Å². The summed E-state index contributed by atoms with van der Waals surface area (Å²) in [5.74, 6) is 0.903. The second kappa shape index (κ2) is 5.25. The number of rotatable bonds is 5. The van der Waals surface area contributed by atoms with Crippen LogP contribution in [0.2, 0.25) is 0 Å². The quantitative estimate of drug-likeness (QED) is 0.794. The molecule has 3 unspecified atom stereocenters. The van der Waals surface area contributed by atoms with Gasteiger partial charge in [0.05, 0.1) is 6.10 Å². The van der Waals surface area contributed by atoms with E-state index in [1.807, 2.05) is 0 Å². The second-order valence-corrected chi connectivity index (χ2v) is 6.12. The molecule has 1 aliphatic carbocycles. The Morgan fingerprint density at radius 2 is 2.18 bits per heavy atom. The molecule has 0 aromatic carbocycles. The molecule has 0 radical (unpaired) electrons. The maximum atomic E-state index is 5.68. The van der Waals surface area contributed by atoms with Crippen LogP contribution in [0.3, 0.4) is 0 Å². The second-order valence-electron chi connectivity index (χ2n) is 6.12. The fourth-order valence-corrected chi connectivity index (χ4v) is 3.05. The van der Waals surface area contributed by atoms with Crippen molar-refractivity contribution < 1.29 is 4.74 Å². The standard InChI is InChI=1S/C14H28N2O/c1-5-17-12(3)9-16-10-14(4,13-6-7-13)15-8-11(16)2/h11-13,15H,5-10H2,1-4H3. The average molecular weight is 240 g/mol. The van der Waals surface area contributed by atoms with Crippen LogP contribution in [0, 0.1) is 5.92 Å². The van der Waals surface area contributed by atoms with Gasteiger partial charge in [-0.25, -0.2) is 0 Å². The smallest absolute Gasteiger partial charge is 0.0673 e. The highest BCUT2D eigenvalue weighted by Gasteiger charge is 2.45. The summed E-state index contributed by atoms with van der Waals surface area (Å²) in [5.41, 5.74) is 0.346. The largest absolute Gasteiger partial charge is 0.377 e. The third kappa shape index (κ3) is 3.21. The van der Waals surface area contributed by atoms with Crippen LogP contribution in [0.5, 0.6) is 0 Å². The summed E-state index contributed by atoms with van der Waals surface area (Å²) in [6.45, 7) is 13.2. The fourth-order valence-electron chi connectivity index (χ4n) is 3.05. The third-order valence-corrected chi connectivity index (χ3v) is 4.38. The number of hydrogen-bond donors (Lipinski definition) is 1. The summed E-state index contributed by atoms with van der Waals surface area (Å²) < 4.78 is 5.68. The summed E-state index contributed by atoms with van der Waals surface area (Å²) >= 11 is 0. The fraction of sp³-hybridized carbons (Fsp3) is 1.00. The topological polar surface area (TPSA) is 24.5 Å². The molecule has 2 rings (SSSR count). The highest BCUT2D eigenvalue weighted by molar-refractivity contribution is 5.03. The van der Waals surface area contributed by atoms with Crippen molar-refractivity contribution in [2.75, 3.05) is 26.2 Å². The van der Waals surface area contributed by atoms with E-state index in [9.17, 15) is 0 Å². The van der Waals surface area contributed by atoms with Crippen molar-refractivity contribution in [2.45, 2.75) is 58.2 Å². The first-order valence-electron chi connectivity index (χ1n) is 7.16. The Morgan fingerprint density at radius 3 is 2.76 bits per heavy atom. The van der Waals surface area contributed by atoms with Crippen LogP contribution in [-0.4, -0.2) is 48.8 Å². The molecule has 3 nitrogen and oxygen atoms in total. The number of nitrogens with one attached hydrogen (secondary N) is 1. The van der Waals surface area contributed by atoms with Gasteiger partial charge in [0, 0.05) is 37.8 Å². The lowest BCUT2D eigenvalue weighted by atomic mass is 9.91. The molecule has 17 heavy (non-hydrogen) atoms. The number of nitrogens with zero attached hydrogens (tertiary/aromatic N) is 1. The molecule has 1 saturated heterocycles. The predicted octanol–water partition coefficient (Wildman–Crippen LogP) is 1.87. The van der Waals surface area contributed by atoms with E-state index in [0.29, 0.717) is 17.7 Å². The van der Waals surface area contributed by atoms with Gasteiger partial charge >= 0.3 is 0 Å². The highest BCUT2D eigenvalue weighted by Crippen LogP contribution is 2.41. The molecule has 0 bridgehead atoms. The van der Waals surface area contributed by atoms with E-state index in [1.54, 1.807) is 0 Å². The van der Waals surface area contributed by atoms with Crippen LogP contribution < -0.4 is 5.32 Å². The van der Waals surface area contributed by atoms with E-state index in [-0.39, 0.29) is 0 Å². The van der Waals surface area contributed by atoms with Crippen molar-refractivity contribution in [3.8, 4) is 0 Å². The Kier molecular flexibility index (Phi) is 4.11. The van der Waals surface area contributed by atoms with Gasteiger partial charge in [0.25, 0.3) is 0 Å². The Bertz CT molecular complexity index is 255.